The summed E-state index contributed by atoms with van der Waals surface area (Å²) in [6, 6.07) is -8.96. The number of unbranched alkanes of at least 4 members (excludes halogenated alkanes) is 12. The van der Waals surface area contributed by atoms with Gasteiger partial charge in [-0.05, 0) is 58.7 Å². The summed E-state index contributed by atoms with van der Waals surface area (Å²) in [4.78, 5) is 131. The Balaban J connectivity index is 3.02. The molecule has 0 aromatic heterocycles. The molecule has 0 heterocycles. The van der Waals surface area contributed by atoms with E-state index in [1.54, 1.807) is 0 Å². The molecule has 12 atom stereocenters. The molecule has 0 bridgehead atoms. The Morgan fingerprint density at radius 3 is 1.25 bits per heavy atom. The number of nitrogens with two attached hydrogens (primary N) is 1. The summed E-state index contributed by atoms with van der Waals surface area (Å²) in [5, 5.41) is 88.6. The Morgan fingerprint density at radius 2 is 0.831 bits per heavy atom. The van der Waals surface area contributed by atoms with Crippen LogP contribution in [-0.4, -0.2) is 174 Å². The second kappa shape index (κ2) is 36.5. The van der Waals surface area contributed by atoms with Crippen molar-refractivity contribution < 1.29 is 83.7 Å². The zero-order valence-corrected chi connectivity index (χ0v) is 45.0. The zero-order chi connectivity index (χ0) is 58.4. The summed E-state index contributed by atoms with van der Waals surface area (Å²) in [5.41, 5.74) is 5.68. The van der Waals surface area contributed by atoms with Crippen LogP contribution in [0.2, 0.25) is 0 Å². The van der Waals surface area contributed by atoms with Crippen LogP contribution in [0.5, 0.6) is 5.75 Å². The maximum absolute atomic E-state index is 13.7. The average Bonchev–Trinajstić information content (AvgIpc) is 3.35. The molecule has 0 saturated heterocycles. The Kier molecular flexibility index (Phi) is 32.5. The minimum absolute atomic E-state index is 0.155. The predicted octanol–water partition coefficient (Wildman–Crippen LogP) is -2.21. The molecule has 77 heavy (non-hydrogen) atoms. The molecule has 0 aliphatic carbocycles. The van der Waals surface area contributed by atoms with Gasteiger partial charge in [0.25, 0.3) is 0 Å². The maximum atomic E-state index is 13.7. The van der Waals surface area contributed by atoms with Crippen molar-refractivity contribution in [3.05, 3.63) is 29.8 Å². The maximum Gasteiger partial charge on any atom is 0.328 e. The van der Waals surface area contributed by atoms with Gasteiger partial charge in [0, 0.05) is 12.8 Å². The number of aliphatic hydroxyl groups is 5. The van der Waals surface area contributed by atoms with E-state index in [1.807, 2.05) is 0 Å². The second-order valence-electron chi connectivity index (χ2n) is 19.4. The Hall–Kier alpha value is -6.48. The number of primary amides is 1. The third-order valence-corrected chi connectivity index (χ3v) is 12.4. The Bertz CT molecular complexity index is 2060. The fraction of sp³-hybridized carbons (Fsp3) is 0.686. The van der Waals surface area contributed by atoms with Crippen LogP contribution < -0.4 is 48.3 Å². The molecule has 26 heteroatoms. The van der Waals surface area contributed by atoms with Gasteiger partial charge in [-0.3, -0.25) is 43.2 Å². The first kappa shape index (κ1) is 68.5. The number of carboxylic acid groups (broad SMARTS) is 1. The molecule has 436 valence electrons. The number of carboxylic acids is 1. The lowest BCUT2D eigenvalue weighted by molar-refractivity contribution is -0.145. The van der Waals surface area contributed by atoms with E-state index in [-0.39, 0.29) is 18.6 Å². The van der Waals surface area contributed by atoms with Gasteiger partial charge in [-0.1, -0.05) is 96.1 Å². The lowest BCUT2D eigenvalue weighted by atomic mass is 10.0. The summed E-state index contributed by atoms with van der Waals surface area (Å²) in [5.74, 6) is -11.8. The minimum Gasteiger partial charge on any atom is -0.508 e. The van der Waals surface area contributed by atoms with Crippen molar-refractivity contribution in [3.8, 4) is 5.75 Å². The van der Waals surface area contributed by atoms with Gasteiger partial charge in [-0.15, -0.1) is 0 Å². The first-order chi connectivity index (χ1) is 36.2. The van der Waals surface area contributed by atoms with Crippen molar-refractivity contribution >= 4 is 59.1 Å². The SMILES string of the molecule is CCCCCCCCCCCCCCCC(=O)N[C@@H](C)C(=O)N[C@@H](CO)C(=O)N[C@H](C(=O)N[C@H](C(=O)N[C@H](C(=O)N[C@@H](CC(N)=O)C(=O)N[C@@H](Cc1ccc(O)cc1)C(=O)N[C@H](C(=O)O)[C@@H](C)O)[C@@H](C)O)[C@@H](C)O)[C@@H](C)O. The van der Waals surface area contributed by atoms with Crippen LogP contribution in [0.1, 0.15) is 143 Å². The molecular weight excluding hydrogens is 1010 g/mol. The van der Waals surface area contributed by atoms with E-state index in [0.717, 1.165) is 53.4 Å². The molecule has 1 aromatic rings. The van der Waals surface area contributed by atoms with Crippen molar-refractivity contribution in [3.63, 3.8) is 0 Å². The highest BCUT2D eigenvalue weighted by molar-refractivity contribution is 5.99. The average molecular weight is 1100 g/mol. The van der Waals surface area contributed by atoms with E-state index in [2.05, 4.69) is 49.5 Å². The van der Waals surface area contributed by atoms with E-state index in [1.165, 1.54) is 82.6 Å². The summed E-state index contributed by atoms with van der Waals surface area (Å²) >= 11 is 0. The molecule has 1 aromatic carbocycles. The fourth-order valence-electron chi connectivity index (χ4n) is 7.79. The largest absolute Gasteiger partial charge is 0.508 e. The molecule has 0 radical (unpaired) electrons. The lowest BCUT2D eigenvalue weighted by Crippen LogP contribution is -2.64. The zero-order valence-electron chi connectivity index (χ0n) is 45.0. The number of aliphatic hydroxyl groups excluding tert-OH is 5. The van der Waals surface area contributed by atoms with Crippen molar-refractivity contribution in [1.29, 1.82) is 0 Å². The number of carbonyl (C=O) groups excluding carboxylic acids is 9. The van der Waals surface area contributed by atoms with Crippen molar-refractivity contribution in [2.45, 2.75) is 217 Å². The molecule has 17 N–H and O–H groups in total. The summed E-state index contributed by atoms with van der Waals surface area (Å²) in [6.45, 7) is 6.77. The molecule has 0 fully saturated rings. The summed E-state index contributed by atoms with van der Waals surface area (Å²) in [7, 11) is 0. The van der Waals surface area contributed by atoms with E-state index in [0.29, 0.717) is 12.0 Å². The Morgan fingerprint density at radius 1 is 0.468 bits per heavy atom. The first-order valence-corrected chi connectivity index (χ1v) is 26.3. The van der Waals surface area contributed by atoms with Gasteiger partial charge in [0.1, 0.15) is 48.0 Å². The van der Waals surface area contributed by atoms with Gasteiger partial charge >= 0.3 is 5.97 Å². The lowest BCUT2D eigenvalue weighted by Gasteiger charge is -2.29. The molecule has 0 saturated carbocycles. The number of hydrogen-bond donors (Lipinski definition) is 16. The van der Waals surface area contributed by atoms with E-state index in [4.69, 9.17) is 5.73 Å². The molecule has 1 rings (SSSR count). The number of carbonyl (C=O) groups is 10. The molecule has 0 aliphatic rings. The number of benzene rings is 1. The van der Waals surface area contributed by atoms with Crippen molar-refractivity contribution in [2.24, 2.45) is 5.73 Å². The van der Waals surface area contributed by atoms with Gasteiger partial charge in [-0.25, -0.2) is 4.79 Å². The molecule has 0 spiro atoms. The van der Waals surface area contributed by atoms with E-state index in [9.17, 15) is 83.7 Å². The highest BCUT2D eigenvalue weighted by Crippen LogP contribution is 2.15. The number of phenols is 1. The fourth-order valence-corrected chi connectivity index (χ4v) is 7.79. The van der Waals surface area contributed by atoms with Crippen LogP contribution in [-0.2, 0) is 54.4 Å². The highest BCUT2D eigenvalue weighted by Gasteiger charge is 2.38. The van der Waals surface area contributed by atoms with Crippen molar-refractivity contribution in [1.82, 2.24) is 42.5 Å². The van der Waals surface area contributed by atoms with Crippen LogP contribution in [0.25, 0.3) is 0 Å². The number of rotatable bonds is 39. The van der Waals surface area contributed by atoms with E-state index >= 15 is 0 Å². The number of hydrogen-bond acceptors (Lipinski definition) is 16. The number of aromatic hydroxyl groups is 1. The van der Waals surface area contributed by atoms with E-state index < -0.39 is 145 Å². The van der Waals surface area contributed by atoms with Gasteiger partial charge in [-0.2, -0.15) is 0 Å². The van der Waals surface area contributed by atoms with Crippen LogP contribution >= 0.6 is 0 Å². The second-order valence-corrected chi connectivity index (χ2v) is 19.4. The van der Waals surface area contributed by atoms with Crippen LogP contribution in [0.3, 0.4) is 0 Å². The van der Waals surface area contributed by atoms with Crippen molar-refractivity contribution in [2.75, 3.05) is 6.61 Å². The summed E-state index contributed by atoms with van der Waals surface area (Å²) in [6.07, 6.45) is 6.63. The van der Waals surface area contributed by atoms with Crippen LogP contribution in [0.15, 0.2) is 24.3 Å². The normalized spacial score (nSPS) is 15.9. The molecule has 9 amide bonds. The smallest absolute Gasteiger partial charge is 0.328 e. The van der Waals surface area contributed by atoms with Gasteiger partial charge in [0.2, 0.25) is 53.2 Å². The topological polar surface area (TPSA) is 435 Å². The third kappa shape index (κ3) is 26.9. The number of nitrogens with one attached hydrogen (secondary N) is 8. The predicted molar refractivity (Wildman–Crippen MR) is 278 cm³/mol. The molecule has 0 aliphatic heterocycles. The molecule has 26 nitrogen and oxygen atoms in total. The standard InChI is InChI=1S/C51H85N9O17/c1-7-8-9-10-11-12-13-14-15-16-17-18-19-20-39(68)53-28(2)44(69)56-37(27-61)47(72)57-41(30(4)63)49(74)59-42(31(5)64)50(75)58-40(29(3)62)48(73)55-36(26-38(52)67)45(70)54-35(25-33-21-23-34(66)24-22-33)46(71)60-43(32(6)65)51(76)77/h21-24,28-32,35-37,40-43,61-66H,7-20,25-27H2,1-6H3,(H2,52,67)(H,53,68)(H,54,70)(H,55,73)(H,56,69)(H,57,72)(H,58,75)(H,59,74)(H,60,71)(H,76,77)/t28-,29+,30+,31+,32+,35-,36-,37-,40-,41-,42-,43-/m0/s1. The van der Waals surface area contributed by atoms with Gasteiger partial charge in [0.05, 0.1) is 37.4 Å². The number of amides is 9. The number of aliphatic carboxylic acids is 1. The van der Waals surface area contributed by atoms with Gasteiger partial charge < -0.3 is 84.0 Å². The third-order valence-electron chi connectivity index (χ3n) is 12.4. The number of phenolic OH excluding ortho intramolecular Hbond substituents is 1. The van der Waals surface area contributed by atoms with Crippen LogP contribution in [0.4, 0.5) is 0 Å². The van der Waals surface area contributed by atoms with Crippen LogP contribution in [0, 0.1) is 0 Å². The monoisotopic (exact) mass is 1100 g/mol. The highest BCUT2D eigenvalue weighted by atomic mass is 16.4. The minimum atomic E-state index is -2.02. The Labute approximate surface area is 449 Å². The molecular formula is C51H85N9O17. The quantitative estimate of drug-likeness (QED) is 0.0311. The first-order valence-electron chi connectivity index (χ1n) is 26.3. The van der Waals surface area contributed by atoms with Gasteiger partial charge in [0.15, 0.2) is 6.04 Å². The summed E-state index contributed by atoms with van der Waals surface area (Å²) < 4.78 is 0. The molecule has 0 unspecified atom stereocenters.